The number of benzene rings is 3. The van der Waals surface area contributed by atoms with Crippen molar-refractivity contribution in [2.45, 2.75) is 31.2 Å². The van der Waals surface area contributed by atoms with Crippen molar-refractivity contribution in [3.8, 4) is 0 Å². The van der Waals surface area contributed by atoms with E-state index in [9.17, 15) is 13.2 Å². The Kier molecular flexibility index (Phi) is 7.60. The molecule has 0 radical (unpaired) electrons. The predicted molar refractivity (Wildman–Crippen MR) is 123 cm³/mol. The van der Waals surface area contributed by atoms with E-state index in [0.29, 0.717) is 12.1 Å². The summed E-state index contributed by atoms with van der Waals surface area (Å²) in [7, 11) is -2.00. The minimum Gasteiger partial charge on any atom is -0.352 e. The molecule has 1 N–H and O–H groups in total. The van der Waals surface area contributed by atoms with Crippen LogP contribution in [-0.2, 0) is 23.0 Å². The van der Waals surface area contributed by atoms with Crippen molar-refractivity contribution in [3.05, 3.63) is 101 Å². The average molecular weight is 437 g/mol. The topological polar surface area (TPSA) is 66.5 Å². The molecule has 0 spiro atoms. The fraction of sp³-hybridized carbons (Fsp3) is 0.240. The third-order valence-electron chi connectivity index (χ3n) is 5.12. The van der Waals surface area contributed by atoms with Crippen molar-refractivity contribution in [3.63, 3.8) is 0 Å². The van der Waals surface area contributed by atoms with E-state index >= 15 is 0 Å². The smallest absolute Gasteiger partial charge is 0.251 e. The van der Waals surface area contributed by atoms with E-state index in [2.05, 4.69) is 36.5 Å². The van der Waals surface area contributed by atoms with Crippen molar-refractivity contribution in [1.29, 1.82) is 0 Å². The summed E-state index contributed by atoms with van der Waals surface area (Å²) >= 11 is 0. The van der Waals surface area contributed by atoms with Gasteiger partial charge in [-0.3, -0.25) is 4.79 Å². The molecule has 0 aromatic heterocycles. The molecule has 0 aliphatic rings. The van der Waals surface area contributed by atoms with E-state index in [1.807, 2.05) is 0 Å². The summed E-state index contributed by atoms with van der Waals surface area (Å²) in [5, 5.41) is 2.94. The quantitative estimate of drug-likeness (QED) is 0.512. The van der Waals surface area contributed by atoms with Gasteiger partial charge in [-0.25, -0.2) is 8.42 Å². The summed E-state index contributed by atoms with van der Waals surface area (Å²) in [6.07, 6.45) is 1.79. The van der Waals surface area contributed by atoms with Gasteiger partial charge in [0.2, 0.25) is 10.0 Å². The third kappa shape index (κ3) is 6.26. The van der Waals surface area contributed by atoms with Gasteiger partial charge in [-0.1, -0.05) is 60.2 Å². The van der Waals surface area contributed by atoms with Crippen molar-refractivity contribution in [2.24, 2.45) is 0 Å². The van der Waals surface area contributed by atoms with Crippen LogP contribution in [0, 0.1) is 6.92 Å². The summed E-state index contributed by atoms with van der Waals surface area (Å²) in [4.78, 5) is 12.6. The van der Waals surface area contributed by atoms with E-state index in [1.54, 1.807) is 61.6 Å². The number of carbonyl (C=O) groups excluding carboxylic acids is 1. The lowest BCUT2D eigenvalue weighted by atomic mass is 10.1. The van der Waals surface area contributed by atoms with Gasteiger partial charge in [0.25, 0.3) is 5.91 Å². The number of aryl methyl sites for hydroxylation is 2. The molecule has 3 rings (SSSR count). The van der Waals surface area contributed by atoms with Gasteiger partial charge >= 0.3 is 0 Å². The summed E-state index contributed by atoms with van der Waals surface area (Å²) in [6.45, 7) is 2.90. The van der Waals surface area contributed by atoms with Crippen LogP contribution in [0.3, 0.4) is 0 Å². The highest BCUT2D eigenvalue weighted by molar-refractivity contribution is 7.89. The standard InChI is InChI=1S/C25H28N2O3S/c1-20-10-12-21(13-11-20)7-6-18-26-25(28)23-16-14-22(15-17-23)19-27(2)31(29,30)24-8-4-3-5-9-24/h3-5,8-17H,6-7,18-19H2,1-2H3,(H,26,28). The first-order chi connectivity index (χ1) is 14.9. The minimum atomic E-state index is -3.55. The van der Waals surface area contributed by atoms with E-state index in [1.165, 1.54) is 15.4 Å². The lowest BCUT2D eigenvalue weighted by Crippen LogP contribution is -2.27. The summed E-state index contributed by atoms with van der Waals surface area (Å²) in [5.74, 6) is -0.124. The largest absolute Gasteiger partial charge is 0.352 e. The Labute approximate surface area is 184 Å². The molecule has 0 saturated heterocycles. The maximum atomic E-state index is 12.6. The van der Waals surface area contributed by atoms with Gasteiger partial charge in [-0.15, -0.1) is 0 Å². The molecule has 31 heavy (non-hydrogen) atoms. The first-order valence-corrected chi connectivity index (χ1v) is 11.7. The van der Waals surface area contributed by atoms with Gasteiger partial charge in [-0.05, 0) is 55.2 Å². The van der Waals surface area contributed by atoms with Crippen LogP contribution in [0.2, 0.25) is 0 Å². The zero-order valence-corrected chi connectivity index (χ0v) is 18.7. The van der Waals surface area contributed by atoms with Gasteiger partial charge < -0.3 is 5.32 Å². The van der Waals surface area contributed by atoms with E-state index in [-0.39, 0.29) is 17.3 Å². The fourth-order valence-corrected chi connectivity index (χ4v) is 4.41. The van der Waals surface area contributed by atoms with Gasteiger partial charge in [0, 0.05) is 25.7 Å². The number of sulfonamides is 1. The third-order valence-corrected chi connectivity index (χ3v) is 6.94. The van der Waals surface area contributed by atoms with Crippen LogP contribution in [-0.4, -0.2) is 32.2 Å². The summed E-state index contributed by atoms with van der Waals surface area (Å²) in [6, 6.07) is 23.8. The molecule has 6 heteroatoms. The SMILES string of the molecule is Cc1ccc(CCCNC(=O)c2ccc(CN(C)S(=O)(=O)c3ccccc3)cc2)cc1. The van der Waals surface area contributed by atoms with Gasteiger partial charge in [0.05, 0.1) is 4.90 Å². The second kappa shape index (κ2) is 10.4. The van der Waals surface area contributed by atoms with Gasteiger partial charge in [0.1, 0.15) is 0 Å². The second-order valence-corrected chi connectivity index (χ2v) is 9.66. The first-order valence-electron chi connectivity index (χ1n) is 10.3. The summed E-state index contributed by atoms with van der Waals surface area (Å²) < 4.78 is 26.6. The van der Waals surface area contributed by atoms with Crippen molar-refractivity contribution >= 4 is 15.9 Å². The normalized spacial score (nSPS) is 11.5. The average Bonchev–Trinajstić information content (AvgIpc) is 2.79. The Bertz CT molecular complexity index is 1090. The molecular weight excluding hydrogens is 408 g/mol. The van der Waals surface area contributed by atoms with Crippen LogP contribution in [0.1, 0.15) is 33.5 Å². The van der Waals surface area contributed by atoms with Crippen LogP contribution in [0.15, 0.2) is 83.8 Å². The van der Waals surface area contributed by atoms with Gasteiger partial charge in [0.15, 0.2) is 0 Å². The van der Waals surface area contributed by atoms with Crippen LogP contribution in [0.25, 0.3) is 0 Å². The van der Waals surface area contributed by atoms with Crippen molar-refractivity contribution < 1.29 is 13.2 Å². The molecule has 0 heterocycles. The van der Waals surface area contributed by atoms with Crippen LogP contribution >= 0.6 is 0 Å². The molecule has 0 saturated carbocycles. The lowest BCUT2D eigenvalue weighted by Gasteiger charge is -2.17. The molecule has 3 aromatic carbocycles. The number of carbonyl (C=O) groups is 1. The fourth-order valence-electron chi connectivity index (χ4n) is 3.23. The van der Waals surface area contributed by atoms with E-state index < -0.39 is 10.0 Å². The van der Waals surface area contributed by atoms with Gasteiger partial charge in [-0.2, -0.15) is 4.31 Å². The Balaban J connectivity index is 1.50. The number of nitrogens with one attached hydrogen (secondary N) is 1. The van der Waals surface area contributed by atoms with Crippen molar-refractivity contribution in [1.82, 2.24) is 9.62 Å². The predicted octanol–water partition coefficient (Wildman–Crippen LogP) is 4.18. The summed E-state index contributed by atoms with van der Waals surface area (Å²) in [5.41, 5.74) is 3.88. The highest BCUT2D eigenvalue weighted by atomic mass is 32.2. The second-order valence-electron chi connectivity index (χ2n) is 7.62. The zero-order chi connectivity index (χ0) is 22.3. The molecule has 162 valence electrons. The lowest BCUT2D eigenvalue weighted by molar-refractivity contribution is 0.0953. The number of hydrogen-bond donors (Lipinski definition) is 1. The van der Waals surface area contributed by atoms with Crippen LogP contribution in [0.5, 0.6) is 0 Å². The molecule has 5 nitrogen and oxygen atoms in total. The van der Waals surface area contributed by atoms with E-state index in [0.717, 1.165) is 18.4 Å². The van der Waals surface area contributed by atoms with E-state index in [4.69, 9.17) is 0 Å². The molecule has 0 atom stereocenters. The maximum absolute atomic E-state index is 12.6. The molecule has 0 aliphatic heterocycles. The Hall–Kier alpha value is -2.96. The minimum absolute atomic E-state index is 0.124. The Morgan fingerprint density at radius 1 is 0.871 bits per heavy atom. The molecule has 0 aliphatic carbocycles. The highest BCUT2D eigenvalue weighted by Gasteiger charge is 2.20. The van der Waals surface area contributed by atoms with Crippen molar-refractivity contribution in [2.75, 3.05) is 13.6 Å². The molecular formula is C25H28N2O3S. The maximum Gasteiger partial charge on any atom is 0.251 e. The monoisotopic (exact) mass is 436 g/mol. The van der Waals surface area contributed by atoms with Crippen LogP contribution < -0.4 is 5.32 Å². The Morgan fingerprint density at radius 3 is 2.13 bits per heavy atom. The number of nitrogens with zero attached hydrogens (tertiary/aromatic N) is 1. The molecule has 0 bridgehead atoms. The number of hydrogen-bond acceptors (Lipinski definition) is 3. The Morgan fingerprint density at radius 2 is 1.48 bits per heavy atom. The highest BCUT2D eigenvalue weighted by Crippen LogP contribution is 2.16. The molecule has 0 unspecified atom stereocenters. The first kappa shape index (κ1) is 22.7. The van der Waals surface area contributed by atoms with Crippen LogP contribution in [0.4, 0.5) is 0 Å². The molecule has 3 aromatic rings. The number of amides is 1. The zero-order valence-electron chi connectivity index (χ0n) is 17.9. The number of rotatable bonds is 9. The molecule has 0 fully saturated rings. The molecule has 1 amide bonds.